The number of hydrogen-bond acceptors (Lipinski definition) is 16. The molecular formula is C75H84F3N13O11. The van der Waals surface area contributed by atoms with Gasteiger partial charge in [-0.1, -0.05) is 62.0 Å². The van der Waals surface area contributed by atoms with Crippen molar-refractivity contribution in [2.24, 2.45) is 5.73 Å². The van der Waals surface area contributed by atoms with E-state index in [0.29, 0.717) is 107 Å². The second kappa shape index (κ2) is 34.3. The molecule has 0 saturated carbocycles. The molecule has 6 aromatic carbocycles. The van der Waals surface area contributed by atoms with E-state index in [1.54, 1.807) is 107 Å². The largest absolute Gasteiger partial charge is 0.476 e. The van der Waals surface area contributed by atoms with E-state index < -0.39 is 35.3 Å². The molecule has 0 radical (unpaired) electrons. The van der Waals surface area contributed by atoms with Gasteiger partial charge in [-0.15, -0.1) is 0 Å². The number of amides is 4. The van der Waals surface area contributed by atoms with E-state index in [2.05, 4.69) is 31.2 Å². The molecule has 536 valence electrons. The van der Waals surface area contributed by atoms with Gasteiger partial charge in [-0.2, -0.15) is 15.3 Å². The summed E-state index contributed by atoms with van der Waals surface area (Å²) >= 11 is 0. The normalized spacial score (nSPS) is 15.6. The molecule has 12 rings (SSSR count). The van der Waals surface area contributed by atoms with Crippen LogP contribution in [0.25, 0.3) is 17.1 Å². The van der Waals surface area contributed by atoms with Gasteiger partial charge in [-0.05, 0) is 172 Å². The molecule has 0 bridgehead atoms. The molecule has 3 fully saturated rings. The number of carboxylic acid groups (broad SMARTS) is 1. The number of anilines is 3. The van der Waals surface area contributed by atoms with Crippen LogP contribution in [0.1, 0.15) is 184 Å². The zero-order valence-corrected chi connectivity index (χ0v) is 56.3. The highest BCUT2D eigenvalue weighted by Crippen LogP contribution is 2.36. The van der Waals surface area contributed by atoms with Crippen molar-refractivity contribution in [2.45, 2.75) is 111 Å². The molecule has 9 aromatic rings. The maximum absolute atomic E-state index is 13.5. The molecule has 6 heterocycles. The molecule has 27 heteroatoms. The molecule has 3 atom stereocenters. The number of carboxylic acids is 1. The Morgan fingerprint density at radius 3 is 1.09 bits per heavy atom. The average molecular weight is 1400 g/mol. The molecule has 3 unspecified atom stereocenters. The van der Waals surface area contributed by atoms with Crippen LogP contribution in [0.3, 0.4) is 0 Å². The fourth-order valence-electron chi connectivity index (χ4n) is 12.1. The number of rotatable bonds is 19. The van der Waals surface area contributed by atoms with E-state index in [-0.39, 0.29) is 103 Å². The summed E-state index contributed by atoms with van der Waals surface area (Å²) in [5.41, 5.74) is 34.3. The van der Waals surface area contributed by atoms with E-state index in [1.807, 2.05) is 12.1 Å². The number of ether oxygens (including phenoxy) is 4. The van der Waals surface area contributed by atoms with Crippen molar-refractivity contribution in [1.29, 1.82) is 0 Å². The first-order valence-corrected chi connectivity index (χ1v) is 33.1. The molecule has 0 spiro atoms. The molecule has 3 aliphatic heterocycles. The Labute approximate surface area is 587 Å². The summed E-state index contributed by atoms with van der Waals surface area (Å²) in [5.74, 6) is -4.85. The van der Waals surface area contributed by atoms with Gasteiger partial charge < -0.3 is 62.9 Å². The number of nitrogens with zero attached hydrogens (tertiary/aromatic N) is 6. The summed E-state index contributed by atoms with van der Waals surface area (Å²) in [7, 11) is 0. The highest BCUT2D eigenvalue weighted by atomic mass is 19.1. The topological polar surface area (TPSA) is 353 Å². The van der Waals surface area contributed by atoms with Crippen molar-refractivity contribution < 1.29 is 66.0 Å². The maximum Gasteiger partial charge on any atom is 0.359 e. The van der Waals surface area contributed by atoms with E-state index in [4.69, 9.17) is 41.9 Å². The van der Waals surface area contributed by atoms with Crippen LogP contribution in [0, 0.1) is 38.2 Å². The van der Waals surface area contributed by atoms with Crippen LogP contribution >= 0.6 is 0 Å². The predicted molar refractivity (Wildman–Crippen MR) is 377 cm³/mol. The van der Waals surface area contributed by atoms with Gasteiger partial charge in [0.2, 0.25) is 0 Å². The number of primary amides is 1. The first-order chi connectivity index (χ1) is 48.6. The van der Waals surface area contributed by atoms with Crippen molar-refractivity contribution in [1.82, 2.24) is 45.3 Å². The smallest absolute Gasteiger partial charge is 0.359 e. The summed E-state index contributed by atoms with van der Waals surface area (Å²) < 4.78 is 66.6. The lowest BCUT2D eigenvalue weighted by atomic mass is 9.97. The number of carbonyl (C=O) groups excluding carboxylic acids is 5. The van der Waals surface area contributed by atoms with Gasteiger partial charge in [0.05, 0.1) is 77.6 Å². The molecular weight excluding hydrogens is 1320 g/mol. The van der Waals surface area contributed by atoms with Crippen LogP contribution in [0.2, 0.25) is 0 Å². The van der Waals surface area contributed by atoms with Gasteiger partial charge in [0, 0.05) is 73.9 Å². The Bertz CT molecular complexity index is 4290. The lowest BCUT2D eigenvalue weighted by Gasteiger charge is -2.20. The zero-order valence-electron chi connectivity index (χ0n) is 56.3. The van der Waals surface area contributed by atoms with E-state index in [0.717, 1.165) is 55.2 Å². The first kappa shape index (κ1) is 75.1. The van der Waals surface area contributed by atoms with Crippen molar-refractivity contribution in [3.05, 3.63) is 229 Å². The fourth-order valence-corrected chi connectivity index (χ4v) is 12.1. The monoisotopic (exact) mass is 1400 g/mol. The lowest BCUT2D eigenvalue weighted by molar-refractivity contribution is 0.0515. The number of aromatic carboxylic acids is 1. The third-order valence-electron chi connectivity index (χ3n) is 17.6. The maximum atomic E-state index is 13.5. The predicted octanol–water partition coefficient (Wildman–Crippen LogP) is 10.8. The van der Waals surface area contributed by atoms with Crippen LogP contribution < -0.4 is 38.9 Å². The van der Waals surface area contributed by atoms with Crippen molar-refractivity contribution in [3.63, 3.8) is 0 Å². The Kier molecular flexibility index (Phi) is 25.2. The highest BCUT2D eigenvalue weighted by Gasteiger charge is 2.32. The minimum Gasteiger partial charge on any atom is -0.476 e. The number of carbonyl (C=O) groups is 6. The number of hydrogen-bond donors (Lipinski definition) is 8. The summed E-state index contributed by atoms with van der Waals surface area (Å²) in [6, 6.07) is 33.7. The number of esters is 1. The molecule has 102 heavy (non-hydrogen) atoms. The van der Waals surface area contributed by atoms with Gasteiger partial charge in [0.1, 0.15) is 17.5 Å². The summed E-state index contributed by atoms with van der Waals surface area (Å²) in [6.07, 6.45) is 5.27. The molecule has 12 N–H and O–H groups in total. The number of aromatic nitrogens is 6. The van der Waals surface area contributed by atoms with Crippen LogP contribution in [0.15, 0.2) is 127 Å². The standard InChI is InChI=1S/C26H29FN4O4.C24H26FN5O3.C24H25FN4O4.CH4/c1-3-35-26(33)24-22(28)23(18-5-4-12-34-15-18)30-31(24)20-10-7-17(8-11-20)14-29-25(32)21-13-19(27)9-6-16(21)2;1-14-4-7-17(25)11-19(14)24(32)28-12-15-5-8-18(9-6-15)30-22(23(27)31)20(26)21(29-30)16-3-2-10-33-13-16;1-14-4-7-17(25)11-19(14)23(30)27-12-15-5-8-18(9-6-15)29-22(24(31)32)20(26)21(28-29)16-3-2-10-33-13-16;/h6-11,13,18H,3-5,12,14-15,28H2,1-2H3,(H,29,32);4-9,11,16H,2-3,10,12-13,26H2,1H3,(H2,27,31)(H,28,32);4-9,11,16H,2-3,10,12-13,26H2,1H3,(H,27,30)(H,31,32);1H4. The van der Waals surface area contributed by atoms with Crippen molar-refractivity contribution in [2.75, 3.05) is 63.4 Å². The minimum absolute atomic E-state index is 0. The van der Waals surface area contributed by atoms with Crippen LogP contribution in [0.5, 0.6) is 0 Å². The third kappa shape index (κ3) is 17.9. The quantitative estimate of drug-likeness (QED) is 0.0349. The Morgan fingerprint density at radius 2 is 0.794 bits per heavy atom. The number of benzene rings is 6. The Balaban J connectivity index is 0.000000177. The second-order valence-corrected chi connectivity index (χ2v) is 24.7. The van der Waals surface area contributed by atoms with Gasteiger partial charge in [0.25, 0.3) is 23.6 Å². The number of nitrogen functional groups attached to an aromatic ring is 3. The summed E-state index contributed by atoms with van der Waals surface area (Å²) in [5, 5.41) is 31.9. The van der Waals surface area contributed by atoms with Crippen molar-refractivity contribution >= 4 is 52.6 Å². The minimum atomic E-state index is -1.16. The van der Waals surface area contributed by atoms with Crippen LogP contribution in [0.4, 0.5) is 30.2 Å². The van der Waals surface area contributed by atoms with Gasteiger partial charge >= 0.3 is 11.9 Å². The molecule has 0 aliphatic carbocycles. The van der Waals surface area contributed by atoms with Crippen LogP contribution in [-0.2, 0) is 38.6 Å². The first-order valence-electron chi connectivity index (χ1n) is 33.1. The molecule has 3 aliphatic rings. The number of nitrogens with one attached hydrogen (secondary N) is 3. The highest BCUT2D eigenvalue weighted by molar-refractivity contribution is 5.99. The van der Waals surface area contributed by atoms with Gasteiger partial charge in [-0.25, -0.2) is 36.8 Å². The Morgan fingerprint density at radius 1 is 0.490 bits per heavy atom. The SMILES string of the molecule is C.CCOC(=O)c1c(N)c(C2CCCOC2)nn1-c1ccc(CNC(=O)c2cc(F)ccc2C)cc1.Cc1ccc(F)cc1C(=O)NCc1ccc(-n2nc(C3CCCOC3)c(N)c2C(=O)O)cc1.Cc1ccc(F)cc1C(=O)NCc1ccc(-n2nc(C3CCCOC3)c(N)c2C(N)=O)cc1. The lowest BCUT2D eigenvalue weighted by Crippen LogP contribution is -2.23. The van der Waals surface area contributed by atoms with Crippen molar-refractivity contribution in [3.8, 4) is 17.1 Å². The van der Waals surface area contributed by atoms with Gasteiger partial charge in [0.15, 0.2) is 17.1 Å². The van der Waals surface area contributed by atoms with Gasteiger partial charge in [-0.3, -0.25) is 19.2 Å². The van der Waals surface area contributed by atoms with E-state index >= 15 is 0 Å². The molecule has 3 saturated heterocycles. The number of halogens is 3. The Hall–Kier alpha value is -11.2. The fraction of sp³-hybridized carbons (Fsp3) is 0.320. The molecule has 3 aromatic heterocycles. The molecule has 4 amide bonds. The average Bonchev–Trinajstić information content (AvgIpc) is 1.64. The summed E-state index contributed by atoms with van der Waals surface area (Å²) in [6.45, 7) is 11.5. The third-order valence-corrected chi connectivity index (χ3v) is 17.6. The summed E-state index contributed by atoms with van der Waals surface area (Å²) in [4.78, 5) is 74.0. The van der Waals surface area contributed by atoms with Crippen LogP contribution in [-0.4, -0.2) is 116 Å². The van der Waals surface area contributed by atoms with E-state index in [1.165, 1.54) is 50.4 Å². The molecule has 24 nitrogen and oxygen atoms in total. The van der Waals surface area contributed by atoms with E-state index in [9.17, 15) is 47.0 Å². The second-order valence-electron chi connectivity index (χ2n) is 24.7. The number of aryl methyl sites for hydroxylation is 3. The zero-order chi connectivity index (χ0) is 72.0. The number of nitrogens with two attached hydrogens (primary N) is 4.